The molecule has 0 saturated heterocycles. The summed E-state index contributed by atoms with van der Waals surface area (Å²) in [6.07, 6.45) is 1.34. The van der Waals surface area contributed by atoms with Crippen molar-refractivity contribution in [3.05, 3.63) is 64.7 Å². The van der Waals surface area contributed by atoms with Crippen molar-refractivity contribution in [1.29, 1.82) is 0 Å². The number of rotatable bonds is 2. The molecular weight excluding hydrogens is 248 g/mol. The van der Waals surface area contributed by atoms with E-state index in [1.807, 2.05) is 30.3 Å². The molecule has 1 heterocycles. The second kappa shape index (κ2) is 5.10. The van der Waals surface area contributed by atoms with Crippen LogP contribution in [-0.2, 0) is 11.2 Å². The van der Waals surface area contributed by atoms with Crippen LogP contribution >= 0.6 is 0 Å². The first-order valence-electron chi connectivity index (χ1n) is 6.89. The second-order valence-corrected chi connectivity index (χ2v) is 5.32. The van der Waals surface area contributed by atoms with Gasteiger partial charge in [-0.1, -0.05) is 48.0 Å². The molecule has 0 aromatic heterocycles. The first-order chi connectivity index (χ1) is 9.65. The highest BCUT2D eigenvalue weighted by Gasteiger charge is 2.22. The minimum absolute atomic E-state index is 0.0721. The molecule has 1 aliphatic heterocycles. The fraction of sp³-hybridized carbons (Fsp3) is 0.235. The monoisotopic (exact) mass is 266 g/mol. The molecule has 0 aliphatic carbocycles. The first-order valence-corrected chi connectivity index (χ1v) is 6.89. The van der Waals surface area contributed by atoms with E-state index >= 15 is 0 Å². The zero-order valence-corrected chi connectivity index (χ0v) is 11.5. The molecule has 20 heavy (non-hydrogen) atoms. The topological polar surface area (TPSA) is 55.1 Å². The minimum Gasteiger partial charge on any atom is -0.326 e. The number of hydrogen-bond acceptors (Lipinski definition) is 2. The Morgan fingerprint density at radius 2 is 1.90 bits per heavy atom. The average Bonchev–Trinajstić information content (AvgIpc) is 2.47. The Hall–Kier alpha value is -2.13. The molecule has 2 aromatic carbocycles. The second-order valence-electron chi connectivity index (χ2n) is 5.32. The van der Waals surface area contributed by atoms with Gasteiger partial charge in [-0.05, 0) is 30.0 Å². The summed E-state index contributed by atoms with van der Waals surface area (Å²) in [5, 5.41) is 2.99. The Morgan fingerprint density at radius 1 is 1.15 bits per heavy atom. The van der Waals surface area contributed by atoms with Gasteiger partial charge >= 0.3 is 0 Å². The summed E-state index contributed by atoms with van der Waals surface area (Å²) in [7, 11) is 0. The smallest absolute Gasteiger partial charge is 0.224 e. The fourth-order valence-corrected chi connectivity index (χ4v) is 2.78. The number of benzene rings is 2. The van der Waals surface area contributed by atoms with Crippen LogP contribution in [0.15, 0.2) is 42.5 Å². The lowest BCUT2D eigenvalue weighted by molar-refractivity contribution is -0.116. The third kappa shape index (κ3) is 2.32. The highest BCUT2D eigenvalue weighted by atomic mass is 16.1. The van der Waals surface area contributed by atoms with E-state index in [0.29, 0.717) is 6.42 Å². The van der Waals surface area contributed by atoms with E-state index in [1.54, 1.807) is 0 Å². The quantitative estimate of drug-likeness (QED) is 0.878. The predicted octanol–water partition coefficient (Wildman–Crippen LogP) is 2.93. The number of hydrogen-bond donors (Lipinski definition) is 2. The van der Waals surface area contributed by atoms with Crippen molar-refractivity contribution >= 4 is 11.6 Å². The van der Waals surface area contributed by atoms with Crippen molar-refractivity contribution in [2.75, 3.05) is 5.32 Å². The van der Waals surface area contributed by atoms with Gasteiger partial charge in [0, 0.05) is 12.1 Å². The molecule has 3 heteroatoms. The molecule has 1 unspecified atom stereocenters. The van der Waals surface area contributed by atoms with Crippen molar-refractivity contribution < 1.29 is 4.79 Å². The van der Waals surface area contributed by atoms with Gasteiger partial charge in [-0.2, -0.15) is 0 Å². The molecule has 0 saturated carbocycles. The molecule has 3 rings (SSSR count). The summed E-state index contributed by atoms with van der Waals surface area (Å²) in [4.78, 5) is 11.7. The summed E-state index contributed by atoms with van der Waals surface area (Å²) >= 11 is 0. The fourth-order valence-electron chi connectivity index (χ4n) is 2.78. The molecule has 1 amide bonds. The van der Waals surface area contributed by atoms with E-state index in [-0.39, 0.29) is 11.9 Å². The number of anilines is 1. The van der Waals surface area contributed by atoms with Gasteiger partial charge in [0.2, 0.25) is 5.91 Å². The van der Waals surface area contributed by atoms with Crippen LogP contribution in [-0.4, -0.2) is 5.91 Å². The summed E-state index contributed by atoms with van der Waals surface area (Å²) in [5.41, 5.74) is 11.7. The normalized spacial score (nSPS) is 15.4. The van der Waals surface area contributed by atoms with Gasteiger partial charge < -0.3 is 11.1 Å². The highest BCUT2D eigenvalue weighted by molar-refractivity contribution is 5.95. The molecule has 102 valence electrons. The summed E-state index contributed by atoms with van der Waals surface area (Å²) in [6, 6.07) is 14.0. The molecule has 1 atom stereocenters. The van der Waals surface area contributed by atoms with Crippen molar-refractivity contribution in [3.63, 3.8) is 0 Å². The van der Waals surface area contributed by atoms with E-state index in [9.17, 15) is 4.79 Å². The lowest BCUT2D eigenvalue weighted by atomic mass is 9.90. The third-order valence-electron chi connectivity index (χ3n) is 3.77. The molecule has 0 bridgehead atoms. The number of carbonyl (C=O) groups excluding carboxylic acids is 1. The number of carbonyl (C=O) groups is 1. The molecule has 0 fully saturated rings. The Balaban J connectivity index is 2.09. The van der Waals surface area contributed by atoms with Gasteiger partial charge in [0.05, 0.1) is 6.04 Å². The van der Waals surface area contributed by atoms with Crippen LogP contribution in [0.25, 0.3) is 0 Å². The van der Waals surface area contributed by atoms with Gasteiger partial charge in [-0.3, -0.25) is 4.79 Å². The van der Waals surface area contributed by atoms with Gasteiger partial charge in [-0.25, -0.2) is 0 Å². The van der Waals surface area contributed by atoms with Gasteiger partial charge in [-0.15, -0.1) is 0 Å². The molecule has 2 aromatic rings. The standard InChI is InChI=1S/C17H18N2O/c1-11-9-13-7-8-15(20)19-17(13)14(10-11)16(18)12-5-3-2-4-6-12/h2-6,9-10,16H,7-8,18H2,1H3,(H,19,20). The highest BCUT2D eigenvalue weighted by Crippen LogP contribution is 2.33. The Bertz CT molecular complexity index is 650. The number of amides is 1. The van der Waals surface area contributed by atoms with Crippen LogP contribution in [0.5, 0.6) is 0 Å². The zero-order valence-electron chi connectivity index (χ0n) is 11.5. The summed E-state index contributed by atoms with van der Waals surface area (Å²) in [6.45, 7) is 2.07. The number of aryl methyl sites for hydroxylation is 2. The maximum atomic E-state index is 11.7. The van der Waals surface area contributed by atoms with Gasteiger partial charge in [0.25, 0.3) is 0 Å². The summed E-state index contributed by atoms with van der Waals surface area (Å²) in [5.74, 6) is 0.0721. The van der Waals surface area contributed by atoms with Gasteiger partial charge in [0.1, 0.15) is 0 Å². The van der Waals surface area contributed by atoms with Crippen LogP contribution in [0.4, 0.5) is 5.69 Å². The van der Waals surface area contributed by atoms with Crippen molar-refractivity contribution in [1.82, 2.24) is 0 Å². The lowest BCUT2D eigenvalue weighted by Gasteiger charge is -2.24. The number of nitrogens with one attached hydrogen (secondary N) is 1. The number of nitrogens with two attached hydrogens (primary N) is 1. The molecule has 0 radical (unpaired) electrons. The van der Waals surface area contributed by atoms with Gasteiger partial charge in [0.15, 0.2) is 0 Å². The maximum Gasteiger partial charge on any atom is 0.224 e. The molecule has 3 N–H and O–H groups in total. The van der Waals surface area contributed by atoms with E-state index in [4.69, 9.17) is 5.73 Å². The average molecular weight is 266 g/mol. The van der Waals surface area contributed by atoms with Crippen LogP contribution in [0.3, 0.4) is 0 Å². The first kappa shape index (κ1) is 12.9. The lowest BCUT2D eigenvalue weighted by Crippen LogP contribution is -2.23. The predicted molar refractivity (Wildman–Crippen MR) is 80.6 cm³/mol. The van der Waals surface area contributed by atoms with Crippen LogP contribution < -0.4 is 11.1 Å². The zero-order chi connectivity index (χ0) is 14.1. The van der Waals surface area contributed by atoms with E-state index in [2.05, 4.69) is 24.4 Å². The van der Waals surface area contributed by atoms with Crippen LogP contribution in [0.1, 0.15) is 34.7 Å². The molecule has 1 aliphatic rings. The minimum atomic E-state index is -0.219. The van der Waals surface area contributed by atoms with Crippen molar-refractivity contribution in [3.8, 4) is 0 Å². The maximum absolute atomic E-state index is 11.7. The molecule has 0 spiro atoms. The van der Waals surface area contributed by atoms with Crippen LogP contribution in [0.2, 0.25) is 0 Å². The molecular formula is C17H18N2O. The molecule has 3 nitrogen and oxygen atoms in total. The Kier molecular flexibility index (Phi) is 3.28. The number of fused-ring (bicyclic) bond motifs is 1. The van der Waals surface area contributed by atoms with Crippen molar-refractivity contribution in [2.24, 2.45) is 5.73 Å². The SMILES string of the molecule is Cc1cc2c(c(C(N)c3ccccc3)c1)NC(=O)CC2. The van der Waals surface area contributed by atoms with E-state index in [1.165, 1.54) is 11.1 Å². The van der Waals surface area contributed by atoms with E-state index in [0.717, 1.165) is 23.2 Å². The Labute approximate surface area is 118 Å². The van der Waals surface area contributed by atoms with E-state index < -0.39 is 0 Å². The van der Waals surface area contributed by atoms with Crippen LogP contribution in [0, 0.1) is 6.92 Å². The largest absolute Gasteiger partial charge is 0.326 e. The van der Waals surface area contributed by atoms with Crippen molar-refractivity contribution in [2.45, 2.75) is 25.8 Å². The third-order valence-corrected chi connectivity index (χ3v) is 3.77. The Morgan fingerprint density at radius 3 is 2.65 bits per heavy atom. The summed E-state index contributed by atoms with van der Waals surface area (Å²) < 4.78 is 0.